The van der Waals surface area contributed by atoms with Crippen LogP contribution < -0.4 is 0 Å². The third-order valence-corrected chi connectivity index (χ3v) is 2.65. The molecular formula is C11H17N3O3. The van der Waals surface area contributed by atoms with E-state index in [0.717, 1.165) is 13.1 Å². The highest BCUT2D eigenvalue weighted by Gasteiger charge is 2.24. The third-order valence-electron chi connectivity index (χ3n) is 2.65. The molecule has 1 heterocycles. The van der Waals surface area contributed by atoms with Crippen LogP contribution in [0, 0.1) is 12.3 Å². The smallest absolute Gasteiger partial charge is 0.323 e. The van der Waals surface area contributed by atoms with Crippen LogP contribution in [-0.2, 0) is 4.79 Å². The zero-order valence-corrected chi connectivity index (χ0v) is 9.93. The van der Waals surface area contributed by atoms with Crippen LogP contribution in [0.15, 0.2) is 0 Å². The van der Waals surface area contributed by atoms with Crippen molar-refractivity contribution in [2.75, 3.05) is 46.3 Å². The van der Waals surface area contributed by atoms with Gasteiger partial charge in [0.25, 0.3) is 0 Å². The van der Waals surface area contributed by atoms with E-state index in [-0.39, 0.29) is 19.1 Å². The van der Waals surface area contributed by atoms with Crippen molar-refractivity contribution in [3.8, 4) is 12.3 Å². The topological polar surface area (TPSA) is 64.1 Å². The lowest BCUT2D eigenvalue weighted by molar-refractivity contribution is -0.137. The second-order valence-electron chi connectivity index (χ2n) is 4.03. The highest BCUT2D eigenvalue weighted by atomic mass is 16.4. The lowest BCUT2D eigenvalue weighted by Gasteiger charge is -2.35. The second-order valence-corrected chi connectivity index (χ2v) is 4.03. The first kappa shape index (κ1) is 13.3. The molecule has 1 rings (SSSR count). The molecule has 2 amide bonds. The van der Waals surface area contributed by atoms with E-state index in [1.54, 1.807) is 4.90 Å². The monoisotopic (exact) mass is 239 g/mol. The van der Waals surface area contributed by atoms with Gasteiger partial charge in [0.15, 0.2) is 0 Å². The summed E-state index contributed by atoms with van der Waals surface area (Å²) in [7, 11) is 1.98. The number of carboxylic acids is 1. The van der Waals surface area contributed by atoms with Crippen LogP contribution in [0.3, 0.4) is 0 Å². The van der Waals surface area contributed by atoms with E-state index in [1.807, 2.05) is 7.05 Å². The maximum absolute atomic E-state index is 12.0. The lowest BCUT2D eigenvalue weighted by Crippen LogP contribution is -2.52. The predicted octanol–water partition coefficient (Wildman–Crippen LogP) is -0.626. The number of carboxylic acid groups (broad SMARTS) is 1. The molecule has 0 aromatic heterocycles. The summed E-state index contributed by atoms with van der Waals surface area (Å²) in [6.45, 7) is 2.48. The van der Waals surface area contributed by atoms with E-state index in [0.29, 0.717) is 13.1 Å². The number of amides is 2. The first-order valence-electron chi connectivity index (χ1n) is 5.42. The summed E-state index contributed by atoms with van der Waals surface area (Å²) in [6, 6.07) is -0.293. The Morgan fingerprint density at radius 1 is 1.35 bits per heavy atom. The molecule has 1 saturated heterocycles. The Labute approximate surface area is 101 Å². The number of aliphatic carboxylic acids is 1. The van der Waals surface area contributed by atoms with Gasteiger partial charge in [-0.15, -0.1) is 6.42 Å². The molecule has 1 aliphatic rings. The molecule has 1 aliphatic heterocycles. The minimum atomic E-state index is -1.05. The van der Waals surface area contributed by atoms with Gasteiger partial charge in [0.1, 0.15) is 6.54 Å². The van der Waals surface area contributed by atoms with Gasteiger partial charge < -0.3 is 19.8 Å². The van der Waals surface area contributed by atoms with E-state index in [2.05, 4.69) is 10.8 Å². The standard InChI is InChI=1S/C11H17N3O3/c1-3-4-14(9-10(15)16)11(17)13-7-5-12(2)6-8-13/h1H,4-9H2,2H3,(H,15,16). The van der Waals surface area contributed by atoms with Gasteiger partial charge in [0, 0.05) is 26.2 Å². The van der Waals surface area contributed by atoms with Gasteiger partial charge in [-0.2, -0.15) is 0 Å². The molecule has 1 fully saturated rings. The van der Waals surface area contributed by atoms with E-state index >= 15 is 0 Å². The van der Waals surface area contributed by atoms with Crippen molar-refractivity contribution in [3.63, 3.8) is 0 Å². The van der Waals surface area contributed by atoms with Crippen LogP contribution in [-0.4, -0.2) is 78.1 Å². The van der Waals surface area contributed by atoms with Gasteiger partial charge in [0.05, 0.1) is 6.54 Å². The quantitative estimate of drug-likeness (QED) is 0.666. The van der Waals surface area contributed by atoms with Gasteiger partial charge >= 0.3 is 12.0 Å². The minimum absolute atomic E-state index is 0.0253. The van der Waals surface area contributed by atoms with Crippen molar-refractivity contribution in [2.45, 2.75) is 0 Å². The fourth-order valence-electron chi connectivity index (χ4n) is 1.66. The van der Waals surface area contributed by atoms with Gasteiger partial charge in [-0.25, -0.2) is 4.79 Å². The van der Waals surface area contributed by atoms with Gasteiger partial charge in [-0.3, -0.25) is 4.79 Å². The molecule has 0 atom stereocenters. The Morgan fingerprint density at radius 2 is 1.94 bits per heavy atom. The zero-order chi connectivity index (χ0) is 12.8. The van der Waals surface area contributed by atoms with Gasteiger partial charge in [0.2, 0.25) is 0 Å². The second kappa shape index (κ2) is 6.11. The molecule has 0 aromatic carbocycles. The summed E-state index contributed by atoms with van der Waals surface area (Å²) in [6.07, 6.45) is 5.13. The molecule has 94 valence electrons. The van der Waals surface area contributed by atoms with Crippen LogP contribution >= 0.6 is 0 Å². The first-order valence-corrected chi connectivity index (χ1v) is 5.42. The first-order chi connectivity index (χ1) is 8.04. The number of hydrogen-bond acceptors (Lipinski definition) is 3. The Balaban J connectivity index is 2.58. The lowest BCUT2D eigenvalue weighted by atomic mass is 10.3. The molecule has 1 N–H and O–H groups in total. The SMILES string of the molecule is C#CCN(CC(=O)O)C(=O)N1CCN(C)CC1. The van der Waals surface area contributed by atoms with Crippen LogP contribution in [0.4, 0.5) is 4.79 Å². The van der Waals surface area contributed by atoms with E-state index in [4.69, 9.17) is 11.5 Å². The number of rotatable bonds is 3. The number of nitrogens with zero attached hydrogens (tertiary/aromatic N) is 3. The van der Waals surface area contributed by atoms with Crippen molar-refractivity contribution < 1.29 is 14.7 Å². The number of terminal acetylenes is 1. The van der Waals surface area contributed by atoms with Gasteiger partial charge in [-0.05, 0) is 7.05 Å². The number of hydrogen-bond donors (Lipinski definition) is 1. The number of piperazine rings is 1. The molecule has 0 bridgehead atoms. The Morgan fingerprint density at radius 3 is 2.41 bits per heavy atom. The molecule has 0 unspecified atom stereocenters. The average Bonchev–Trinajstić information content (AvgIpc) is 2.28. The summed E-state index contributed by atoms with van der Waals surface area (Å²) in [5.41, 5.74) is 0. The van der Waals surface area contributed by atoms with Gasteiger partial charge in [-0.1, -0.05) is 5.92 Å². The fourth-order valence-corrected chi connectivity index (χ4v) is 1.66. The highest BCUT2D eigenvalue weighted by Crippen LogP contribution is 2.04. The Bertz CT molecular complexity index is 329. The summed E-state index contributed by atoms with van der Waals surface area (Å²) < 4.78 is 0. The molecule has 6 nitrogen and oxygen atoms in total. The normalized spacial score (nSPS) is 16.4. The number of urea groups is 1. The number of likely N-dealkylation sites (N-methyl/N-ethyl adjacent to an activating group) is 1. The van der Waals surface area contributed by atoms with Crippen LogP contribution in [0.25, 0.3) is 0 Å². The predicted molar refractivity (Wildman–Crippen MR) is 62.5 cm³/mol. The maximum Gasteiger partial charge on any atom is 0.323 e. The summed E-state index contributed by atoms with van der Waals surface area (Å²) in [5, 5.41) is 8.71. The minimum Gasteiger partial charge on any atom is -0.480 e. The molecule has 0 aromatic rings. The molecular weight excluding hydrogens is 222 g/mol. The van der Waals surface area contributed by atoms with Crippen LogP contribution in [0.5, 0.6) is 0 Å². The van der Waals surface area contributed by atoms with E-state index in [1.165, 1.54) is 4.90 Å². The fraction of sp³-hybridized carbons (Fsp3) is 0.636. The third kappa shape index (κ3) is 3.96. The Hall–Kier alpha value is -1.74. The highest BCUT2D eigenvalue weighted by molar-refractivity contribution is 5.80. The number of carbonyl (C=O) groups is 2. The van der Waals surface area contributed by atoms with Crippen molar-refractivity contribution in [1.82, 2.24) is 14.7 Å². The number of carbonyl (C=O) groups excluding carboxylic acids is 1. The largest absolute Gasteiger partial charge is 0.480 e. The molecule has 0 spiro atoms. The van der Waals surface area contributed by atoms with E-state index < -0.39 is 5.97 Å². The van der Waals surface area contributed by atoms with Crippen molar-refractivity contribution in [1.29, 1.82) is 0 Å². The molecule has 17 heavy (non-hydrogen) atoms. The average molecular weight is 239 g/mol. The van der Waals surface area contributed by atoms with E-state index in [9.17, 15) is 9.59 Å². The van der Waals surface area contributed by atoms with Crippen molar-refractivity contribution in [2.24, 2.45) is 0 Å². The zero-order valence-electron chi connectivity index (χ0n) is 9.93. The van der Waals surface area contributed by atoms with Crippen LogP contribution in [0.1, 0.15) is 0 Å². The molecule has 0 radical (unpaired) electrons. The summed E-state index contributed by atoms with van der Waals surface area (Å²) in [4.78, 5) is 27.6. The summed E-state index contributed by atoms with van der Waals surface area (Å²) >= 11 is 0. The molecule has 0 aliphatic carbocycles. The summed E-state index contributed by atoms with van der Waals surface area (Å²) in [5.74, 6) is 1.25. The Kier molecular flexibility index (Phi) is 4.79. The maximum atomic E-state index is 12.0. The van der Waals surface area contributed by atoms with Crippen molar-refractivity contribution in [3.05, 3.63) is 0 Å². The van der Waals surface area contributed by atoms with Crippen LogP contribution in [0.2, 0.25) is 0 Å². The van der Waals surface area contributed by atoms with Crippen molar-refractivity contribution >= 4 is 12.0 Å². The molecule has 6 heteroatoms. The molecule has 0 saturated carbocycles.